The van der Waals surface area contributed by atoms with Crippen molar-refractivity contribution in [1.82, 2.24) is 4.98 Å². The molecule has 0 atom stereocenters. The highest BCUT2D eigenvalue weighted by atomic mass is 16.5. The van der Waals surface area contributed by atoms with E-state index in [0.29, 0.717) is 11.5 Å². The number of carboxylic acid groups (broad SMARTS) is 1. The number of ether oxygens (including phenoxy) is 1. The van der Waals surface area contributed by atoms with Crippen molar-refractivity contribution in [2.45, 2.75) is 19.3 Å². The van der Waals surface area contributed by atoms with Crippen LogP contribution in [0.5, 0.6) is 0 Å². The summed E-state index contributed by atoms with van der Waals surface area (Å²) in [5.74, 6) is -0.474. The molecule has 104 valence electrons. The zero-order chi connectivity index (χ0) is 13.9. The van der Waals surface area contributed by atoms with E-state index in [2.05, 4.69) is 10.3 Å². The third-order valence-electron chi connectivity index (χ3n) is 3.59. The first-order chi connectivity index (χ1) is 9.06. The number of carboxylic acids is 1. The van der Waals surface area contributed by atoms with Gasteiger partial charge in [-0.3, -0.25) is 0 Å². The van der Waals surface area contributed by atoms with Crippen molar-refractivity contribution in [2.75, 3.05) is 31.3 Å². The van der Waals surface area contributed by atoms with Crippen LogP contribution >= 0.6 is 0 Å². The predicted octanol–water partition coefficient (Wildman–Crippen LogP) is 1.59. The van der Waals surface area contributed by atoms with Crippen molar-refractivity contribution in [3.63, 3.8) is 0 Å². The molecule has 0 aromatic carbocycles. The second-order valence-electron chi connectivity index (χ2n) is 5.06. The highest BCUT2D eigenvalue weighted by molar-refractivity contribution is 5.89. The Bertz CT molecular complexity index is 472. The fourth-order valence-corrected chi connectivity index (χ4v) is 2.03. The molecular weight excluding hydrogens is 246 g/mol. The zero-order valence-corrected chi connectivity index (χ0v) is 11.0. The number of carbonyl (C=O) groups is 1. The van der Waals surface area contributed by atoms with Crippen molar-refractivity contribution < 1.29 is 14.6 Å². The number of aromatic carboxylic acids is 1. The van der Waals surface area contributed by atoms with Gasteiger partial charge >= 0.3 is 5.97 Å². The number of pyridine rings is 1. The van der Waals surface area contributed by atoms with Gasteiger partial charge in [0.2, 0.25) is 0 Å². The molecule has 0 unspecified atom stereocenters. The third kappa shape index (κ3) is 3.35. The van der Waals surface area contributed by atoms with Crippen molar-refractivity contribution in [2.24, 2.45) is 5.41 Å². The fraction of sp³-hybridized carbons (Fsp3) is 0.538. The van der Waals surface area contributed by atoms with Gasteiger partial charge in [0, 0.05) is 26.5 Å². The average molecular weight is 265 g/mol. The summed E-state index contributed by atoms with van der Waals surface area (Å²) in [5, 5.41) is 12.0. The first-order valence-electron chi connectivity index (χ1n) is 6.28. The molecule has 0 bridgehead atoms. The van der Waals surface area contributed by atoms with E-state index >= 15 is 0 Å². The maximum Gasteiger partial charge on any atom is 0.337 e. The van der Waals surface area contributed by atoms with Crippen LogP contribution in [0.2, 0.25) is 0 Å². The summed E-state index contributed by atoms with van der Waals surface area (Å²) in [6.45, 7) is 1.54. The van der Waals surface area contributed by atoms with Gasteiger partial charge in [-0.15, -0.1) is 0 Å². The molecule has 1 saturated carbocycles. The molecule has 1 aliphatic carbocycles. The quantitative estimate of drug-likeness (QED) is 0.692. The van der Waals surface area contributed by atoms with Gasteiger partial charge in [0.05, 0.1) is 11.3 Å². The van der Waals surface area contributed by atoms with Crippen molar-refractivity contribution in [3.05, 3.63) is 17.8 Å². The molecule has 0 aliphatic heterocycles. The number of aromatic nitrogens is 1. The van der Waals surface area contributed by atoms with E-state index in [4.69, 9.17) is 15.6 Å². The minimum absolute atomic E-state index is 0.101. The Balaban J connectivity index is 1.95. The summed E-state index contributed by atoms with van der Waals surface area (Å²) in [7, 11) is 1.70. The standard InChI is InChI=1S/C13H19N3O3/c1-19-5-4-13(2-3-13)8-16-11-10(14)6-9(7-15-11)12(17)18/h6-7H,2-5,8,14H2,1H3,(H,15,16)(H,17,18). The number of hydrogen-bond donors (Lipinski definition) is 3. The van der Waals surface area contributed by atoms with Crippen LogP contribution in [0.4, 0.5) is 11.5 Å². The molecule has 1 aliphatic rings. The molecule has 6 nitrogen and oxygen atoms in total. The zero-order valence-electron chi connectivity index (χ0n) is 11.0. The second-order valence-corrected chi connectivity index (χ2v) is 5.06. The van der Waals surface area contributed by atoms with Gasteiger partial charge in [0.25, 0.3) is 0 Å². The van der Waals surface area contributed by atoms with E-state index in [1.165, 1.54) is 25.1 Å². The van der Waals surface area contributed by atoms with E-state index in [9.17, 15) is 4.79 Å². The Hall–Kier alpha value is -1.82. The Morgan fingerprint density at radius 1 is 1.63 bits per heavy atom. The number of nitrogens with two attached hydrogens (primary N) is 1. The fourth-order valence-electron chi connectivity index (χ4n) is 2.03. The number of rotatable bonds is 7. The van der Waals surface area contributed by atoms with Crippen LogP contribution in [0.15, 0.2) is 12.3 Å². The van der Waals surface area contributed by atoms with E-state index in [1.54, 1.807) is 7.11 Å². The Morgan fingerprint density at radius 2 is 2.37 bits per heavy atom. The Morgan fingerprint density at radius 3 is 2.89 bits per heavy atom. The van der Waals surface area contributed by atoms with Gasteiger partial charge in [0.15, 0.2) is 0 Å². The smallest absolute Gasteiger partial charge is 0.337 e. The lowest BCUT2D eigenvalue weighted by Gasteiger charge is -2.16. The van der Waals surface area contributed by atoms with E-state index in [1.807, 2.05) is 0 Å². The summed E-state index contributed by atoms with van der Waals surface area (Å²) in [6.07, 6.45) is 4.69. The van der Waals surface area contributed by atoms with Gasteiger partial charge < -0.3 is 20.9 Å². The van der Waals surface area contributed by atoms with Gasteiger partial charge in [-0.05, 0) is 30.7 Å². The highest BCUT2D eigenvalue weighted by Crippen LogP contribution is 2.48. The second kappa shape index (κ2) is 5.44. The molecule has 4 N–H and O–H groups in total. The maximum atomic E-state index is 10.8. The van der Waals surface area contributed by atoms with Gasteiger partial charge in [0.1, 0.15) is 5.82 Å². The van der Waals surface area contributed by atoms with Crippen LogP contribution in [-0.4, -0.2) is 36.3 Å². The summed E-state index contributed by atoms with van der Waals surface area (Å²) >= 11 is 0. The minimum Gasteiger partial charge on any atom is -0.478 e. The molecule has 1 fully saturated rings. The third-order valence-corrected chi connectivity index (χ3v) is 3.59. The molecule has 6 heteroatoms. The summed E-state index contributed by atoms with van der Waals surface area (Å²) < 4.78 is 5.10. The highest BCUT2D eigenvalue weighted by Gasteiger charge is 2.41. The van der Waals surface area contributed by atoms with Crippen molar-refractivity contribution in [1.29, 1.82) is 0 Å². The van der Waals surface area contributed by atoms with E-state index in [-0.39, 0.29) is 11.0 Å². The average Bonchev–Trinajstić information content (AvgIpc) is 3.15. The Kier molecular flexibility index (Phi) is 3.90. The summed E-state index contributed by atoms with van der Waals surface area (Å²) in [4.78, 5) is 14.8. The predicted molar refractivity (Wildman–Crippen MR) is 72.3 cm³/mol. The van der Waals surface area contributed by atoms with Crippen LogP contribution in [0.25, 0.3) is 0 Å². The molecule has 0 amide bonds. The number of hydrogen-bond acceptors (Lipinski definition) is 5. The molecule has 19 heavy (non-hydrogen) atoms. The number of nitrogen functional groups attached to an aromatic ring is 1. The lowest BCUT2D eigenvalue weighted by Crippen LogP contribution is -2.18. The molecule has 1 aromatic rings. The molecule has 0 spiro atoms. The SMILES string of the molecule is COCCC1(CNc2ncc(C(=O)O)cc2N)CC1. The molecule has 0 saturated heterocycles. The van der Waals surface area contributed by atoms with Crippen LogP contribution < -0.4 is 11.1 Å². The van der Waals surface area contributed by atoms with Crippen LogP contribution in [0.3, 0.4) is 0 Å². The largest absolute Gasteiger partial charge is 0.478 e. The van der Waals surface area contributed by atoms with Gasteiger partial charge in [-0.25, -0.2) is 9.78 Å². The monoisotopic (exact) mass is 265 g/mol. The maximum absolute atomic E-state index is 10.8. The van der Waals surface area contributed by atoms with Crippen molar-refractivity contribution >= 4 is 17.5 Å². The summed E-state index contributed by atoms with van der Waals surface area (Å²) in [6, 6.07) is 1.42. The molecule has 1 aromatic heterocycles. The van der Waals surface area contributed by atoms with Gasteiger partial charge in [-0.2, -0.15) is 0 Å². The lowest BCUT2D eigenvalue weighted by atomic mass is 10.0. The summed E-state index contributed by atoms with van der Waals surface area (Å²) in [5.41, 5.74) is 6.55. The van der Waals surface area contributed by atoms with Crippen LogP contribution in [0.1, 0.15) is 29.6 Å². The molecular formula is C13H19N3O3. The molecule has 2 rings (SSSR count). The van der Waals surface area contributed by atoms with Gasteiger partial charge in [-0.1, -0.05) is 0 Å². The lowest BCUT2D eigenvalue weighted by molar-refractivity contribution is 0.0696. The minimum atomic E-state index is -1.02. The number of nitrogens with zero attached hydrogens (tertiary/aromatic N) is 1. The first kappa shape index (κ1) is 13.6. The molecule has 1 heterocycles. The van der Waals surface area contributed by atoms with E-state index < -0.39 is 5.97 Å². The number of methoxy groups -OCH3 is 1. The Labute approximate surface area is 112 Å². The van der Waals surface area contributed by atoms with Crippen LogP contribution in [0, 0.1) is 5.41 Å². The topological polar surface area (TPSA) is 97.5 Å². The van der Waals surface area contributed by atoms with E-state index in [0.717, 1.165) is 19.6 Å². The number of anilines is 2. The van der Waals surface area contributed by atoms with Crippen LogP contribution in [-0.2, 0) is 4.74 Å². The molecule has 0 radical (unpaired) electrons. The first-order valence-corrected chi connectivity index (χ1v) is 6.28. The number of nitrogens with one attached hydrogen (secondary N) is 1. The van der Waals surface area contributed by atoms with Crippen molar-refractivity contribution in [3.8, 4) is 0 Å². The normalized spacial score (nSPS) is 16.1.